The number of unbranched alkanes of at least 4 members (excludes halogenated alkanes) is 8. The molecule has 1 aliphatic heterocycles. The molecule has 11 heteroatoms. The van der Waals surface area contributed by atoms with Crippen LogP contribution in [0.25, 0.3) is 0 Å². The molecule has 0 N–H and O–H groups in total. The Morgan fingerprint density at radius 3 is 1.75 bits per heavy atom. The molecule has 4 atom stereocenters. The summed E-state index contributed by atoms with van der Waals surface area (Å²) >= 11 is 0. The zero-order chi connectivity index (χ0) is 43.3. The molecular formula is C48H80NO9P. The van der Waals surface area contributed by atoms with Gasteiger partial charge >= 0.3 is 11.9 Å². The Kier molecular flexibility index (Phi) is 32.9. The minimum Gasteiger partial charge on any atom is -0.756 e. The van der Waals surface area contributed by atoms with Gasteiger partial charge in [-0.05, 0) is 89.9 Å². The molecule has 59 heavy (non-hydrogen) atoms. The monoisotopic (exact) mass is 846 g/mol. The van der Waals surface area contributed by atoms with Crippen LogP contribution in [0.4, 0.5) is 0 Å². The van der Waals surface area contributed by atoms with Crippen molar-refractivity contribution in [3.63, 3.8) is 0 Å². The predicted molar refractivity (Wildman–Crippen MR) is 240 cm³/mol. The first-order chi connectivity index (χ1) is 28.5. The van der Waals surface area contributed by atoms with E-state index in [-0.39, 0.29) is 26.1 Å². The summed E-state index contributed by atoms with van der Waals surface area (Å²) in [5.41, 5.74) is 0. The summed E-state index contributed by atoms with van der Waals surface area (Å²) in [6.07, 6.45) is 47.9. The highest BCUT2D eigenvalue weighted by molar-refractivity contribution is 7.45. The molecule has 0 saturated carbocycles. The number of esters is 2. The van der Waals surface area contributed by atoms with E-state index in [2.05, 4.69) is 92.8 Å². The Morgan fingerprint density at radius 2 is 1.14 bits per heavy atom. The van der Waals surface area contributed by atoms with Gasteiger partial charge in [-0.1, -0.05) is 125 Å². The van der Waals surface area contributed by atoms with Gasteiger partial charge in [-0.15, -0.1) is 0 Å². The molecule has 0 spiro atoms. The second-order valence-corrected chi connectivity index (χ2v) is 17.5. The van der Waals surface area contributed by atoms with Gasteiger partial charge in [0, 0.05) is 12.8 Å². The number of phosphoric acid groups is 1. The Morgan fingerprint density at radius 1 is 0.627 bits per heavy atom. The van der Waals surface area contributed by atoms with Crippen molar-refractivity contribution in [2.24, 2.45) is 0 Å². The maximum Gasteiger partial charge on any atom is 0.306 e. The fourth-order valence-corrected chi connectivity index (χ4v) is 6.41. The highest BCUT2D eigenvalue weighted by Gasteiger charge is 2.36. The van der Waals surface area contributed by atoms with Crippen LogP contribution in [0.5, 0.6) is 0 Å². The van der Waals surface area contributed by atoms with E-state index in [0.29, 0.717) is 42.5 Å². The number of ether oxygens (including phenoxy) is 3. The zero-order valence-electron chi connectivity index (χ0n) is 37.4. The minimum atomic E-state index is -4.66. The van der Waals surface area contributed by atoms with Crippen molar-refractivity contribution < 1.29 is 46.8 Å². The number of rotatable bonds is 38. The molecule has 1 aliphatic rings. The van der Waals surface area contributed by atoms with Gasteiger partial charge in [-0.3, -0.25) is 14.2 Å². The average Bonchev–Trinajstić information content (AvgIpc) is 3.94. The van der Waals surface area contributed by atoms with Gasteiger partial charge in [0.15, 0.2) is 6.10 Å². The Balaban J connectivity index is 2.35. The lowest BCUT2D eigenvalue weighted by atomic mass is 10.1. The third-order valence-electron chi connectivity index (χ3n) is 9.30. The smallest absolute Gasteiger partial charge is 0.306 e. The largest absolute Gasteiger partial charge is 0.756 e. The average molecular weight is 846 g/mol. The van der Waals surface area contributed by atoms with E-state index < -0.39 is 32.5 Å². The first kappa shape index (κ1) is 54.2. The van der Waals surface area contributed by atoms with Crippen molar-refractivity contribution >= 4 is 19.8 Å². The van der Waals surface area contributed by atoms with E-state index in [1.54, 1.807) is 0 Å². The quantitative estimate of drug-likeness (QED) is 0.0149. The number of allylic oxidation sites excluding steroid dienone is 12. The number of hydrogen-bond acceptors (Lipinski definition) is 9. The van der Waals surface area contributed by atoms with E-state index >= 15 is 0 Å². The normalized spacial score (nSPS) is 17.8. The van der Waals surface area contributed by atoms with Gasteiger partial charge in [-0.2, -0.15) is 0 Å². The number of carbonyl (C=O) groups excluding carboxylic acids is 2. The molecule has 1 saturated heterocycles. The molecule has 1 fully saturated rings. The number of nitrogens with zero attached hydrogens (tertiary/aromatic N) is 1. The van der Waals surface area contributed by atoms with Crippen LogP contribution in [0.15, 0.2) is 85.1 Å². The fourth-order valence-electron chi connectivity index (χ4n) is 5.68. The summed E-state index contributed by atoms with van der Waals surface area (Å²) in [6.45, 7) is 3.95. The van der Waals surface area contributed by atoms with Crippen molar-refractivity contribution in [2.45, 2.75) is 161 Å². The topological polar surface area (TPSA) is 124 Å². The van der Waals surface area contributed by atoms with Crippen molar-refractivity contribution in [3.05, 3.63) is 85.1 Å². The van der Waals surface area contributed by atoms with E-state index in [4.69, 9.17) is 23.3 Å². The highest BCUT2D eigenvalue weighted by atomic mass is 31.2. The van der Waals surface area contributed by atoms with Crippen LogP contribution < -0.4 is 4.89 Å². The molecule has 336 valence electrons. The Labute approximate surface area is 358 Å². The van der Waals surface area contributed by atoms with Crippen LogP contribution in [0.2, 0.25) is 0 Å². The van der Waals surface area contributed by atoms with Crippen LogP contribution in [-0.4, -0.2) is 82.2 Å². The molecule has 0 amide bonds. The summed E-state index contributed by atoms with van der Waals surface area (Å²) in [6, 6.07) is 0. The second kappa shape index (κ2) is 35.9. The Hall–Kier alpha value is -2.85. The summed E-state index contributed by atoms with van der Waals surface area (Å²) in [5, 5.41) is 0. The summed E-state index contributed by atoms with van der Waals surface area (Å²) in [7, 11) is 1.09. The lowest BCUT2D eigenvalue weighted by molar-refractivity contribution is -0.870. The third-order valence-corrected chi connectivity index (χ3v) is 10.3. The van der Waals surface area contributed by atoms with Crippen LogP contribution in [-0.2, 0) is 37.4 Å². The lowest BCUT2D eigenvalue weighted by Crippen LogP contribution is -2.37. The predicted octanol–water partition coefficient (Wildman–Crippen LogP) is 11.2. The first-order valence-corrected chi connectivity index (χ1v) is 23.9. The molecule has 0 aliphatic carbocycles. The standard InChI is InChI=1S/C48H80NO9P/c1-6-8-10-12-14-15-16-17-18-19-20-21-22-23-26-30-34-38-47(50)54-42-44(43-56-59(52,53)55-41-40-49(3,4)5)57-48(51)39-35-31-27-24-25-29-33-37-46-45(58-46)36-32-28-13-11-9-7-2/h8,10,14-15,17-18,20-21,24,27-29,32-33,44-46H,6-7,9,11-13,16,19,22-23,25-26,30-31,34-43H2,1-5H3/b10-8-,15-14-,18-17-,21-20-,27-24-,32-28-,33-29-/t44-,45?,46?/m1/s1. The van der Waals surface area contributed by atoms with E-state index in [1.807, 2.05) is 27.2 Å². The number of epoxide rings is 1. The van der Waals surface area contributed by atoms with Crippen molar-refractivity contribution in [2.75, 3.05) is 47.5 Å². The lowest BCUT2D eigenvalue weighted by Gasteiger charge is -2.28. The number of phosphoric ester groups is 1. The van der Waals surface area contributed by atoms with Gasteiger partial charge in [0.2, 0.25) is 0 Å². The zero-order valence-corrected chi connectivity index (χ0v) is 38.2. The maximum atomic E-state index is 12.7. The van der Waals surface area contributed by atoms with Crippen molar-refractivity contribution in [3.8, 4) is 0 Å². The van der Waals surface area contributed by atoms with Crippen molar-refractivity contribution in [1.82, 2.24) is 0 Å². The second-order valence-electron chi connectivity index (χ2n) is 16.1. The molecule has 1 heterocycles. The fraction of sp³-hybridized carbons (Fsp3) is 0.667. The van der Waals surface area contributed by atoms with Gasteiger partial charge in [0.05, 0.1) is 40.0 Å². The maximum absolute atomic E-state index is 12.7. The van der Waals surface area contributed by atoms with Crippen LogP contribution in [0.3, 0.4) is 0 Å². The van der Waals surface area contributed by atoms with E-state index in [0.717, 1.165) is 77.0 Å². The molecule has 0 aromatic rings. The third kappa shape index (κ3) is 36.7. The molecule has 0 bridgehead atoms. The van der Waals surface area contributed by atoms with Crippen LogP contribution in [0, 0.1) is 0 Å². The molecule has 3 unspecified atom stereocenters. The number of quaternary nitrogens is 1. The van der Waals surface area contributed by atoms with Gasteiger partial charge in [-0.25, -0.2) is 0 Å². The van der Waals surface area contributed by atoms with Gasteiger partial charge in [0.25, 0.3) is 7.82 Å². The molecule has 0 aromatic carbocycles. The molecular weight excluding hydrogens is 765 g/mol. The summed E-state index contributed by atoms with van der Waals surface area (Å²) < 4.78 is 39.6. The first-order valence-electron chi connectivity index (χ1n) is 22.4. The van der Waals surface area contributed by atoms with Crippen LogP contribution >= 0.6 is 7.82 Å². The summed E-state index contributed by atoms with van der Waals surface area (Å²) in [4.78, 5) is 37.6. The van der Waals surface area contributed by atoms with E-state index in [1.165, 1.54) is 19.3 Å². The van der Waals surface area contributed by atoms with E-state index in [9.17, 15) is 19.0 Å². The SMILES string of the molecule is CC/C=C\C/C=C\C/C=C\C/C=C\CCCCCCC(=O)OC[C@H](COP(=O)([O-])OCC[N+](C)(C)C)OC(=O)CCC/C=C\C/C=C\CC1OC1C/C=C\CCCCC. The number of carbonyl (C=O) groups is 2. The van der Waals surface area contributed by atoms with Gasteiger partial charge < -0.3 is 32.6 Å². The summed E-state index contributed by atoms with van der Waals surface area (Å²) in [5.74, 6) is -0.943. The van der Waals surface area contributed by atoms with Crippen molar-refractivity contribution in [1.29, 1.82) is 0 Å². The van der Waals surface area contributed by atoms with Crippen LogP contribution in [0.1, 0.15) is 142 Å². The minimum absolute atomic E-state index is 0.0526. The molecule has 0 aromatic heterocycles. The number of likely N-dealkylation sites (N-methyl/N-ethyl adjacent to an activating group) is 1. The Bertz CT molecular complexity index is 1340. The van der Waals surface area contributed by atoms with Gasteiger partial charge in [0.1, 0.15) is 19.8 Å². The molecule has 0 radical (unpaired) electrons. The number of hydrogen-bond donors (Lipinski definition) is 0. The molecule has 1 rings (SSSR count). The molecule has 10 nitrogen and oxygen atoms in total. The highest BCUT2D eigenvalue weighted by Crippen LogP contribution is 2.38.